The summed E-state index contributed by atoms with van der Waals surface area (Å²) in [4.78, 5) is 4.61. The van der Waals surface area contributed by atoms with Gasteiger partial charge < -0.3 is 5.32 Å². The summed E-state index contributed by atoms with van der Waals surface area (Å²) >= 11 is 7.84. The Kier molecular flexibility index (Phi) is 3.44. The predicted molar refractivity (Wildman–Crippen MR) is 79.7 cm³/mol. The molecule has 0 aliphatic heterocycles. The van der Waals surface area contributed by atoms with Crippen LogP contribution in [0, 0.1) is 5.92 Å². The fourth-order valence-electron chi connectivity index (χ4n) is 2.24. The number of nitrogens with one attached hydrogen (secondary N) is 1. The summed E-state index contributed by atoms with van der Waals surface area (Å²) in [6, 6.07) is 6.45. The summed E-state index contributed by atoms with van der Waals surface area (Å²) in [5.41, 5.74) is 0.997. The van der Waals surface area contributed by atoms with Gasteiger partial charge in [-0.15, -0.1) is 0 Å². The van der Waals surface area contributed by atoms with Gasteiger partial charge in [0.1, 0.15) is 0 Å². The van der Waals surface area contributed by atoms with Gasteiger partial charge in [0.2, 0.25) is 0 Å². The third-order valence-electron chi connectivity index (χ3n) is 3.50. The highest BCUT2D eigenvalue weighted by molar-refractivity contribution is 7.22. The third kappa shape index (κ3) is 2.62. The summed E-state index contributed by atoms with van der Waals surface area (Å²) in [6.07, 6.45) is 5.24. The van der Waals surface area contributed by atoms with Crippen molar-refractivity contribution in [2.75, 3.05) is 5.32 Å². The van der Waals surface area contributed by atoms with Gasteiger partial charge in [0.25, 0.3) is 0 Å². The topological polar surface area (TPSA) is 24.9 Å². The molecule has 1 aliphatic rings. The Bertz CT molecular complexity index is 548. The summed E-state index contributed by atoms with van der Waals surface area (Å²) in [5.74, 6) is 0.945. The van der Waals surface area contributed by atoms with Crippen LogP contribution in [0.15, 0.2) is 18.2 Å². The second-order valence-electron chi connectivity index (χ2n) is 5.04. The molecule has 1 fully saturated rings. The van der Waals surface area contributed by atoms with Crippen LogP contribution in [0.4, 0.5) is 5.13 Å². The zero-order chi connectivity index (χ0) is 12.5. The summed E-state index contributed by atoms with van der Waals surface area (Å²) in [6.45, 7) is 2.24. The number of thiazole rings is 1. The number of halogens is 1. The maximum atomic E-state index is 6.18. The van der Waals surface area contributed by atoms with Gasteiger partial charge >= 0.3 is 0 Å². The van der Waals surface area contributed by atoms with Crippen LogP contribution in [0.3, 0.4) is 0 Å². The Morgan fingerprint density at radius 3 is 3.00 bits per heavy atom. The molecule has 1 aromatic heterocycles. The maximum Gasteiger partial charge on any atom is 0.184 e. The fourth-order valence-corrected chi connectivity index (χ4v) is 3.47. The number of hydrogen-bond acceptors (Lipinski definition) is 3. The van der Waals surface area contributed by atoms with E-state index in [9.17, 15) is 0 Å². The SMILES string of the molecule is CCC(CC1CC1)Nc1nc2cccc(Cl)c2s1. The van der Waals surface area contributed by atoms with E-state index in [1.54, 1.807) is 11.3 Å². The molecule has 96 valence electrons. The number of anilines is 1. The fraction of sp³-hybridized carbons (Fsp3) is 0.500. The van der Waals surface area contributed by atoms with Gasteiger partial charge in [-0.1, -0.05) is 48.8 Å². The van der Waals surface area contributed by atoms with Gasteiger partial charge in [-0.25, -0.2) is 4.98 Å². The second kappa shape index (κ2) is 5.06. The molecule has 1 aliphatic carbocycles. The highest BCUT2D eigenvalue weighted by Gasteiger charge is 2.25. The van der Waals surface area contributed by atoms with Gasteiger partial charge in [-0.3, -0.25) is 0 Å². The Morgan fingerprint density at radius 1 is 1.50 bits per heavy atom. The third-order valence-corrected chi connectivity index (χ3v) is 4.96. The number of hydrogen-bond donors (Lipinski definition) is 1. The van der Waals surface area contributed by atoms with Gasteiger partial charge in [0.15, 0.2) is 5.13 Å². The first-order valence-electron chi connectivity index (χ1n) is 6.58. The number of fused-ring (bicyclic) bond motifs is 1. The van der Waals surface area contributed by atoms with Crippen LogP contribution in [0.25, 0.3) is 10.2 Å². The molecule has 0 saturated heterocycles. The van der Waals surface area contributed by atoms with Gasteiger partial charge in [0, 0.05) is 6.04 Å². The molecular formula is C14H17ClN2S. The first kappa shape index (κ1) is 12.2. The Balaban J connectivity index is 1.78. The minimum atomic E-state index is 0.553. The van der Waals surface area contributed by atoms with Crippen LogP contribution in [-0.2, 0) is 0 Å². The van der Waals surface area contributed by atoms with E-state index >= 15 is 0 Å². The van der Waals surface area contributed by atoms with E-state index in [0.29, 0.717) is 6.04 Å². The molecule has 0 bridgehead atoms. The average Bonchev–Trinajstić information content (AvgIpc) is 3.07. The van der Waals surface area contributed by atoms with Crippen molar-refractivity contribution < 1.29 is 0 Å². The zero-order valence-electron chi connectivity index (χ0n) is 10.4. The van der Waals surface area contributed by atoms with Gasteiger partial charge in [-0.05, 0) is 30.9 Å². The molecule has 3 rings (SSSR count). The van der Waals surface area contributed by atoms with Crippen molar-refractivity contribution in [3.05, 3.63) is 23.2 Å². The van der Waals surface area contributed by atoms with E-state index in [-0.39, 0.29) is 0 Å². The van der Waals surface area contributed by atoms with E-state index < -0.39 is 0 Å². The van der Waals surface area contributed by atoms with Crippen LogP contribution < -0.4 is 5.32 Å². The lowest BCUT2D eigenvalue weighted by Gasteiger charge is -2.15. The molecule has 18 heavy (non-hydrogen) atoms. The monoisotopic (exact) mass is 280 g/mol. The highest BCUT2D eigenvalue weighted by atomic mass is 35.5. The molecule has 2 nitrogen and oxygen atoms in total. The number of nitrogens with zero attached hydrogens (tertiary/aromatic N) is 1. The van der Waals surface area contributed by atoms with Crippen LogP contribution >= 0.6 is 22.9 Å². The standard InChI is InChI=1S/C14H17ClN2S/c1-2-10(8-9-6-7-9)16-14-17-12-5-3-4-11(15)13(12)18-14/h3-5,9-10H,2,6-8H2,1H3,(H,16,17). The minimum absolute atomic E-state index is 0.553. The van der Waals surface area contributed by atoms with Crippen LogP contribution in [0.2, 0.25) is 5.02 Å². The number of benzene rings is 1. The lowest BCUT2D eigenvalue weighted by atomic mass is 10.1. The Morgan fingerprint density at radius 2 is 2.33 bits per heavy atom. The average molecular weight is 281 g/mol. The molecule has 1 saturated carbocycles. The number of rotatable bonds is 5. The second-order valence-corrected chi connectivity index (χ2v) is 6.44. The van der Waals surface area contributed by atoms with Crippen molar-refractivity contribution in [2.24, 2.45) is 5.92 Å². The molecule has 1 unspecified atom stereocenters. The van der Waals surface area contributed by atoms with Crippen LogP contribution in [0.1, 0.15) is 32.6 Å². The maximum absolute atomic E-state index is 6.18. The molecule has 1 aromatic carbocycles. The largest absolute Gasteiger partial charge is 0.359 e. The molecule has 0 amide bonds. The molecule has 4 heteroatoms. The first-order valence-corrected chi connectivity index (χ1v) is 7.77. The van der Waals surface area contributed by atoms with Crippen molar-refractivity contribution in [1.29, 1.82) is 0 Å². The molecule has 0 spiro atoms. The Labute approximate surface area is 116 Å². The van der Waals surface area contributed by atoms with Crippen molar-refractivity contribution in [2.45, 2.75) is 38.6 Å². The van der Waals surface area contributed by atoms with E-state index in [2.05, 4.69) is 17.2 Å². The molecule has 1 N–H and O–H groups in total. The van der Waals surface area contributed by atoms with Crippen molar-refractivity contribution >= 4 is 38.3 Å². The van der Waals surface area contributed by atoms with Crippen molar-refractivity contribution in [3.8, 4) is 0 Å². The number of aromatic nitrogens is 1. The van der Waals surface area contributed by atoms with E-state index in [1.165, 1.54) is 19.3 Å². The van der Waals surface area contributed by atoms with E-state index in [0.717, 1.165) is 32.7 Å². The van der Waals surface area contributed by atoms with E-state index in [1.807, 2.05) is 18.2 Å². The molecule has 1 heterocycles. The molecular weight excluding hydrogens is 264 g/mol. The Hall–Kier alpha value is -0.800. The normalized spacial score (nSPS) is 17.0. The lowest BCUT2D eigenvalue weighted by molar-refractivity contribution is 0.587. The van der Waals surface area contributed by atoms with E-state index in [4.69, 9.17) is 11.6 Å². The summed E-state index contributed by atoms with van der Waals surface area (Å²) in [5, 5.41) is 5.37. The summed E-state index contributed by atoms with van der Waals surface area (Å²) in [7, 11) is 0. The highest BCUT2D eigenvalue weighted by Crippen LogP contribution is 2.36. The molecule has 0 radical (unpaired) electrons. The predicted octanol–water partition coefficient (Wildman–Crippen LogP) is 4.94. The lowest BCUT2D eigenvalue weighted by Crippen LogP contribution is -2.18. The quantitative estimate of drug-likeness (QED) is 0.839. The molecule has 2 aromatic rings. The zero-order valence-corrected chi connectivity index (χ0v) is 12.0. The summed E-state index contributed by atoms with van der Waals surface area (Å²) < 4.78 is 1.09. The minimum Gasteiger partial charge on any atom is -0.359 e. The van der Waals surface area contributed by atoms with Crippen molar-refractivity contribution in [1.82, 2.24) is 4.98 Å². The van der Waals surface area contributed by atoms with Crippen molar-refractivity contribution in [3.63, 3.8) is 0 Å². The molecule has 1 atom stereocenters. The van der Waals surface area contributed by atoms with Gasteiger partial charge in [0.05, 0.1) is 15.2 Å². The first-order chi connectivity index (χ1) is 8.76. The van der Waals surface area contributed by atoms with Crippen LogP contribution in [0.5, 0.6) is 0 Å². The van der Waals surface area contributed by atoms with Crippen LogP contribution in [-0.4, -0.2) is 11.0 Å². The smallest absolute Gasteiger partial charge is 0.184 e. The van der Waals surface area contributed by atoms with Gasteiger partial charge in [-0.2, -0.15) is 0 Å².